The molecule has 0 aliphatic rings. The van der Waals surface area contributed by atoms with Gasteiger partial charge < -0.3 is 19.1 Å². The highest BCUT2D eigenvalue weighted by atomic mass is 16.5. The van der Waals surface area contributed by atoms with Crippen molar-refractivity contribution in [3.05, 3.63) is 102 Å². The Bertz CT molecular complexity index is 1040. The summed E-state index contributed by atoms with van der Waals surface area (Å²) in [6, 6.07) is 24.7. The summed E-state index contributed by atoms with van der Waals surface area (Å²) < 4.78 is 15.7. The number of hydrogen-bond acceptors (Lipinski definition) is 5. The smallest absolute Gasteiger partial charge is 0.331 e. The van der Waals surface area contributed by atoms with E-state index in [0.29, 0.717) is 24.6 Å². The van der Waals surface area contributed by atoms with Crippen LogP contribution in [0.2, 0.25) is 0 Å². The Hall–Kier alpha value is -4.06. The number of carbonyl (C=O) groups is 2. The molecule has 6 heteroatoms. The van der Waals surface area contributed by atoms with E-state index in [1.54, 1.807) is 43.4 Å². The summed E-state index contributed by atoms with van der Waals surface area (Å²) in [6.07, 6.45) is 2.88. The van der Waals surface area contributed by atoms with E-state index in [0.717, 1.165) is 16.7 Å². The van der Waals surface area contributed by atoms with Crippen LogP contribution in [0.15, 0.2) is 84.9 Å². The Morgan fingerprint density at radius 2 is 1.36 bits per heavy atom. The third-order valence-electron chi connectivity index (χ3n) is 4.94. The molecule has 0 aliphatic heterocycles. The summed E-state index contributed by atoms with van der Waals surface area (Å²) in [5.41, 5.74) is 2.74. The monoisotopic (exact) mass is 445 g/mol. The molecule has 0 saturated heterocycles. The van der Waals surface area contributed by atoms with Gasteiger partial charge in [-0.05, 0) is 34.9 Å². The topological polar surface area (TPSA) is 65.1 Å². The van der Waals surface area contributed by atoms with Gasteiger partial charge in [-0.1, -0.05) is 66.7 Å². The van der Waals surface area contributed by atoms with E-state index >= 15 is 0 Å². The van der Waals surface area contributed by atoms with E-state index in [4.69, 9.17) is 14.2 Å². The Labute approximate surface area is 194 Å². The molecule has 0 saturated carbocycles. The number of amides is 1. The van der Waals surface area contributed by atoms with E-state index in [-0.39, 0.29) is 12.5 Å². The maximum absolute atomic E-state index is 12.9. The van der Waals surface area contributed by atoms with E-state index in [1.165, 1.54) is 6.08 Å². The molecular weight excluding hydrogens is 418 g/mol. The first-order valence-electron chi connectivity index (χ1n) is 10.5. The number of nitrogens with zero attached hydrogens (tertiary/aromatic N) is 1. The van der Waals surface area contributed by atoms with Crippen LogP contribution in [0.25, 0.3) is 6.08 Å². The third kappa shape index (κ3) is 7.25. The summed E-state index contributed by atoms with van der Waals surface area (Å²) in [7, 11) is 3.10. The quantitative estimate of drug-likeness (QED) is 0.340. The standard InChI is InChI=1S/C27H27NO5/c1-31-24-15-13-21(17-25(24)32-2)14-16-27(30)33-20-26(29)28(18-22-9-5-3-6-10-22)19-23-11-7-4-8-12-23/h3-17H,18-20H2,1-2H3/b16-14+. The van der Waals surface area contributed by atoms with Crippen LogP contribution in [0.3, 0.4) is 0 Å². The molecule has 3 aromatic carbocycles. The van der Waals surface area contributed by atoms with Crippen molar-refractivity contribution in [2.75, 3.05) is 20.8 Å². The summed E-state index contributed by atoms with van der Waals surface area (Å²) in [5.74, 6) is 0.286. The minimum Gasteiger partial charge on any atom is -0.493 e. The number of ether oxygens (including phenoxy) is 3. The maximum Gasteiger partial charge on any atom is 0.331 e. The fourth-order valence-electron chi connectivity index (χ4n) is 3.23. The molecule has 0 radical (unpaired) electrons. The molecule has 170 valence electrons. The fourth-order valence-corrected chi connectivity index (χ4v) is 3.23. The second-order valence-electron chi connectivity index (χ2n) is 7.28. The lowest BCUT2D eigenvalue weighted by Crippen LogP contribution is -2.33. The Kier molecular flexibility index (Phi) is 8.65. The van der Waals surface area contributed by atoms with Gasteiger partial charge >= 0.3 is 5.97 Å². The zero-order valence-electron chi connectivity index (χ0n) is 18.8. The van der Waals surface area contributed by atoms with E-state index < -0.39 is 5.97 Å². The molecule has 0 fully saturated rings. The normalized spacial score (nSPS) is 10.6. The largest absolute Gasteiger partial charge is 0.493 e. The van der Waals surface area contributed by atoms with Crippen LogP contribution < -0.4 is 9.47 Å². The maximum atomic E-state index is 12.9. The van der Waals surface area contributed by atoms with Gasteiger partial charge in [-0.25, -0.2) is 4.79 Å². The van der Waals surface area contributed by atoms with E-state index in [2.05, 4.69) is 0 Å². The van der Waals surface area contributed by atoms with Crippen LogP contribution in [-0.4, -0.2) is 37.6 Å². The summed E-state index contributed by atoms with van der Waals surface area (Å²) >= 11 is 0. The third-order valence-corrected chi connectivity index (χ3v) is 4.94. The predicted octanol–water partition coefficient (Wildman–Crippen LogP) is 4.49. The zero-order chi connectivity index (χ0) is 23.5. The molecule has 0 unspecified atom stereocenters. The van der Waals surface area contributed by atoms with Crippen molar-refractivity contribution >= 4 is 18.0 Å². The minimum absolute atomic E-state index is 0.268. The average Bonchev–Trinajstić information content (AvgIpc) is 2.86. The molecular formula is C27H27NO5. The van der Waals surface area contributed by atoms with Crippen molar-refractivity contribution in [2.24, 2.45) is 0 Å². The average molecular weight is 446 g/mol. The van der Waals surface area contributed by atoms with Gasteiger partial charge in [-0.2, -0.15) is 0 Å². The van der Waals surface area contributed by atoms with Crippen LogP contribution in [0.5, 0.6) is 11.5 Å². The number of hydrogen-bond donors (Lipinski definition) is 0. The Morgan fingerprint density at radius 3 is 1.91 bits per heavy atom. The SMILES string of the molecule is COc1ccc(/C=C/C(=O)OCC(=O)N(Cc2ccccc2)Cc2ccccc2)cc1OC. The van der Waals surface area contributed by atoms with Gasteiger partial charge in [-0.15, -0.1) is 0 Å². The summed E-state index contributed by atoms with van der Waals surface area (Å²) in [4.78, 5) is 26.8. The highest BCUT2D eigenvalue weighted by Gasteiger charge is 2.16. The number of carbonyl (C=O) groups excluding carboxylic acids is 2. The molecule has 3 aromatic rings. The van der Waals surface area contributed by atoms with Crippen LogP contribution in [0, 0.1) is 0 Å². The van der Waals surface area contributed by atoms with Gasteiger partial charge in [0.1, 0.15) is 0 Å². The number of methoxy groups -OCH3 is 2. The van der Waals surface area contributed by atoms with Gasteiger partial charge in [0.25, 0.3) is 5.91 Å². The second-order valence-corrected chi connectivity index (χ2v) is 7.28. The lowest BCUT2D eigenvalue weighted by atomic mass is 10.1. The molecule has 0 spiro atoms. The number of esters is 1. The summed E-state index contributed by atoms with van der Waals surface area (Å²) in [6.45, 7) is 0.510. The van der Waals surface area contributed by atoms with Gasteiger partial charge in [-0.3, -0.25) is 4.79 Å². The van der Waals surface area contributed by atoms with Crippen molar-refractivity contribution in [3.63, 3.8) is 0 Å². The zero-order valence-corrected chi connectivity index (χ0v) is 18.8. The van der Waals surface area contributed by atoms with Crippen LogP contribution in [-0.2, 0) is 27.4 Å². The fraction of sp³-hybridized carbons (Fsp3) is 0.185. The lowest BCUT2D eigenvalue weighted by molar-refractivity contribution is -0.148. The first kappa shape index (κ1) is 23.6. The first-order valence-corrected chi connectivity index (χ1v) is 10.5. The molecule has 3 rings (SSSR count). The molecule has 1 amide bonds. The molecule has 6 nitrogen and oxygen atoms in total. The van der Waals surface area contributed by atoms with Gasteiger partial charge in [0.2, 0.25) is 0 Å². The molecule has 0 bridgehead atoms. The van der Waals surface area contributed by atoms with Crippen molar-refractivity contribution in [1.82, 2.24) is 4.90 Å². The minimum atomic E-state index is -0.600. The Balaban J connectivity index is 1.61. The van der Waals surface area contributed by atoms with Crippen LogP contribution >= 0.6 is 0 Å². The second kappa shape index (κ2) is 12.1. The van der Waals surface area contributed by atoms with Crippen molar-refractivity contribution in [1.29, 1.82) is 0 Å². The highest BCUT2D eigenvalue weighted by Crippen LogP contribution is 2.27. The van der Waals surface area contributed by atoms with Crippen molar-refractivity contribution < 1.29 is 23.8 Å². The predicted molar refractivity (Wildman–Crippen MR) is 127 cm³/mol. The lowest BCUT2D eigenvalue weighted by Gasteiger charge is -2.23. The van der Waals surface area contributed by atoms with Gasteiger partial charge in [0.05, 0.1) is 14.2 Å². The summed E-state index contributed by atoms with van der Waals surface area (Å²) in [5, 5.41) is 0. The Morgan fingerprint density at radius 1 is 0.788 bits per heavy atom. The first-order chi connectivity index (χ1) is 16.1. The molecule has 33 heavy (non-hydrogen) atoms. The molecule has 0 aliphatic carbocycles. The molecule has 0 N–H and O–H groups in total. The number of rotatable bonds is 10. The van der Waals surface area contributed by atoms with Crippen LogP contribution in [0.1, 0.15) is 16.7 Å². The van der Waals surface area contributed by atoms with E-state index in [9.17, 15) is 9.59 Å². The number of benzene rings is 3. The van der Waals surface area contributed by atoms with Gasteiger partial charge in [0, 0.05) is 19.2 Å². The highest BCUT2D eigenvalue weighted by molar-refractivity contribution is 5.89. The van der Waals surface area contributed by atoms with Gasteiger partial charge in [0.15, 0.2) is 18.1 Å². The molecule has 0 aromatic heterocycles. The van der Waals surface area contributed by atoms with Crippen molar-refractivity contribution in [3.8, 4) is 11.5 Å². The molecule has 0 heterocycles. The van der Waals surface area contributed by atoms with Crippen LogP contribution in [0.4, 0.5) is 0 Å². The van der Waals surface area contributed by atoms with E-state index in [1.807, 2.05) is 60.7 Å². The van der Waals surface area contributed by atoms with Crippen molar-refractivity contribution in [2.45, 2.75) is 13.1 Å². The molecule has 0 atom stereocenters.